The van der Waals surface area contributed by atoms with Gasteiger partial charge in [-0.15, -0.1) is 0 Å². The van der Waals surface area contributed by atoms with E-state index in [1.165, 1.54) is 12.1 Å². The molecule has 0 aliphatic heterocycles. The van der Waals surface area contributed by atoms with Crippen molar-refractivity contribution in [3.8, 4) is 0 Å². The Morgan fingerprint density at radius 1 is 0.969 bits per heavy atom. The van der Waals surface area contributed by atoms with E-state index in [1.54, 1.807) is 22.9 Å². The first-order valence-electron chi connectivity index (χ1n) is 10.2. The highest BCUT2D eigenvalue weighted by atomic mass is 35.5. The number of anilines is 1. The Morgan fingerprint density at radius 2 is 1.72 bits per heavy atom. The van der Waals surface area contributed by atoms with Crippen LogP contribution in [0.15, 0.2) is 54.6 Å². The second-order valence-corrected chi connectivity index (χ2v) is 8.21. The fourth-order valence-corrected chi connectivity index (χ4v) is 3.78. The predicted molar refractivity (Wildman–Crippen MR) is 123 cm³/mol. The van der Waals surface area contributed by atoms with Crippen molar-refractivity contribution in [1.82, 2.24) is 19.6 Å². The van der Waals surface area contributed by atoms with E-state index in [-0.39, 0.29) is 11.7 Å². The number of halogens is 2. The number of aryl methyl sites for hydroxylation is 3. The van der Waals surface area contributed by atoms with Gasteiger partial charge in [0, 0.05) is 28.0 Å². The van der Waals surface area contributed by atoms with E-state index < -0.39 is 0 Å². The molecule has 0 aliphatic rings. The Morgan fingerprint density at radius 3 is 2.44 bits per heavy atom. The summed E-state index contributed by atoms with van der Waals surface area (Å²) < 4.78 is 16.9. The minimum absolute atomic E-state index is 0.246. The highest BCUT2D eigenvalue weighted by molar-refractivity contribution is 6.31. The largest absolute Gasteiger partial charge is 0.305 e. The third-order valence-corrected chi connectivity index (χ3v) is 5.53. The molecule has 2 aromatic heterocycles. The van der Waals surface area contributed by atoms with Gasteiger partial charge in [0.25, 0.3) is 5.91 Å². The monoisotopic (exact) mass is 451 g/mol. The van der Waals surface area contributed by atoms with Crippen molar-refractivity contribution >= 4 is 23.3 Å². The Labute approximate surface area is 190 Å². The van der Waals surface area contributed by atoms with E-state index >= 15 is 0 Å². The third kappa shape index (κ3) is 4.89. The summed E-state index contributed by atoms with van der Waals surface area (Å²) in [5, 5.41) is 12.1. The number of hydrogen-bond donors (Lipinski definition) is 1. The first-order valence-corrected chi connectivity index (χ1v) is 10.6. The van der Waals surface area contributed by atoms with Crippen LogP contribution in [0.4, 0.5) is 10.2 Å². The molecule has 8 heteroatoms. The van der Waals surface area contributed by atoms with E-state index in [9.17, 15) is 9.18 Å². The average molecular weight is 452 g/mol. The van der Waals surface area contributed by atoms with Gasteiger partial charge in [0.1, 0.15) is 5.82 Å². The Balaban J connectivity index is 1.47. The molecule has 0 fully saturated rings. The Bertz CT molecular complexity index is 1290. The van der Waals surface area contributed by atoms with Crippen LogP contribution in [0.3, 0.4) is 0 Å². The minimum atomic E-state index is -0.385. The van der Waals surface area contributed by atoms with Crippen LogP contribution < -0.4 is 5.32 Å². The van der Waals surface area contributed by atoms with Gasteiger partial charge in [-0.05, 0) is 62.2 Å². The van der Waals surface area contributed by atoms with Gasteiger partial charge < -0.3 is 5.32 Å². The number of carbonyl (C=O) groups excluding carboxylic acids is 1. The molecule has 0 spiro atoms. The minimum Gasteiger partial charge on any atom is -0.305 e. The van der Waals surface area contributed by atoms with E-state index in [4.69, 9.17) is 11.6 Å². The number of nitrogens with zero attached hydrogens (tertiary/aromatic N) is 4. The molecule has 0 unspecified atom stereocenters. The predicted octanol–water partition coefficient (Wildman–Crippen LogP) is 5.15. The van der Waals surface area contributed by atoms with Crippen LogP contribution in [-0.2, 0) is 13.1 Å². The molecule has 1 N–H and O–H groups in total. The standard InChI is InChI=1S/C24H23ClFN5O/c1-15-9-16(2)30(28-15)13-18-5-4-6-19(11-18)24(32)27-23-10-17(3)31(29-23)14-20-7-8-21(26)12-22(20)25/h4-12H,13-14H2,1-3H3,(H,27,29,32). The summed E-state index contributed by atoms with van der Waals surface area (Å²) in [6.45, 7) is 6.81. The zero-order valence-corrected chi connectivity index (χ0v) is 18.8. The van der Waals surface area contributed by atoms with Gasteiger partial charge in [-0.1, -0.05) is 29.8 Å². The number of rotatable bonds is 6. The number of amides is 1. The molecule has 0 atom stereocenters. The van der Waals surface area contributed by atoms with Gasteiger partial charge in [0.2, 0.25) is 0 Å². The Hall–Kier alpha value is -3.45. The van der Waals surface area contributed by atoms with Crippen molar-refractivity contribution in [2.45, 2.75) is 33.9 Å². The highest BCUT2D eigenvalue weighted by Crippen LogP contribution is 2.20. The van der Waals surface area contributed by atoms with Crippen LogP contribution in [0.1, 0.15) is 38.6 Å². The molecule has 2 heterocycles. The maximum Gasteiger partial charge on any atom is 0.256 e. The maximum absolute atomic E-state index is 13.3. The second-order valence-electron chi connectivity index (χ2n) is 7.80. The number of aromatic nitrogens is 4. The number of hydrogen-bond acceptors (Lipinski definition) is 3. The average Bonchev–Trinajstić information content (AvgIpc) is 3.24. The normalized spacial score (nSPS) is 11.0. The molecule has 0 bridgehead atoms. The fraction of sp³-hybridized carbons (Fsp3) is 0.208. The van der Waals surface area contributed by atoms with E-state index in [2.05, 4.69) is 15.5 Å². The van der Waals surface area contributed by atoms with Crippen molar-refractivity contribution < 1.29 is 9.18 Å². The summed E-state index contributed by atoms with van der Waals surface area (Å²) in [6, 6.07) is 15.5. The highest BCUT2D eigenvalue weighted by Gasteiger charge is 2.13. The second kappa shape index (κ2) is 8.96. The lowest BCUT2D eigenvalue weighted by atomic mass is 10.1. The van der Waals surface area contributed by atoms with Crippen LogP contribution in [0.2, 0.25) is 5.02 Å². The molecule has 0 saturated heterocycles. The first-order chi connectivity index (χ1) is 15.3. The summed E-state index contributed by atoms with van der Waals surface area (Å²) in [4.78, 5) is 12.8. The lowest BCUT2D eigenvalue weighted by Crippen LogP contribution is -2.14. The van der Waals surface area contributed by atoms with Crippen LogP contribution >= 0.6 is 11.6 Å². The Kier molecular flexibility index (Phi) is 6.10. The van der Waals surface area contributed by atoms with Gasteiger partial charge in [-0.25, -0.2) is 4.39 Å². The molecule has 4 aromatic rings. The summed E-state index contributed by atoms with van der Waals surface area (Å²) in [6.07, 6.45) is 0. The molecule has 4 rings (SSSR count). The van der Waals surface area contributed by atoms with Crippen LogP contribution in [-0.4, -0.2) is 25.5 Å². The SMILES string of the molecule is Cc1cc(C)n(Cc2cccc(C(=O)Nc3cc(C)n(Cc4ccc(F)cc4Cl)n3)c2)n1. The van der Waals surface area contributed by atoms with Crippen molar-refractivity contribution in [3.05, 3.63) is 99.2 Å². The van der Waals surface area contributed by atoms with Gasteiger partial charge in [0.15, 0.2) is 5.82 Å². The van der Waals surface area contributed by atoms with Crippen LogP contribution in [0.5, 0.6) is 0 Å². The summed E-state index contributed by atoms with van der Waals surface area (Å²) in [5.41, 5.74) is 5.14. The van der Waals surface area contributed by atoms with Gasteiger partial charge >= 0.3 is 0 Å². The van der Waals surface area contributed by atoms with Gasteiger partial charge in [-0.3, -0.25) is 14.2 Å². The molecule has 32 heavy (non-hydrogen) atoms. The number of carbonyl (C=O) groups is 1. The number of benzene rings is 2. The summed E-state index contributed by atoms with van der Waals surface area (Å²) >= 11 is 6.13. The summed E-state index contributed by atoms with van der Waals surface area (Å²) in [7, 11) is 0. The molecule has 6 nitrogen and oxygen atoms in total. The fourth-order valence-electron chi connectivity index (χ4n) is 3.55. The number of nitrogens with one attached hydrogen (secondary N) is 1. The molecule has 0 aliphatic carbocycles. The topological polar surface area (TPSA) is 64.7 Å². The zero-order chi connectivity index (χ0) is 22.8. The molecule has 2 aromatic carbocycles. The molecular formula is C24H23ClFN5O. The molecule has 0 radical (unpaired) electrons. The van der Waals surface area contributed by atoms with Crippen molar-refractivity contribution in [2.75, 3.05) is 5.32 Å². The third-order valence-electron chi connectivity index (χ3n) is 5.18. The lowest BCUT2D eigenvalue weighted by molar-refractivity contribution is 0.102. The van der Waals surface area contributed by atoms with Crippen LogP contribution in [0, 0.1) is 26.6 Å². The lowest BCUT2D eigenvalue weighted by Gasteiger charge is -2.08. The molecule has 0 saturated carbocycles. The van der Waals surface area contributed by atoms with E-state index in [1.807, 2.05) is 49.7 Å². The molecular weight excluding hydrogens is 429 g/mol. The van der Waals surface area contributed by atoms with Gasteiger partial charge in [-0.2, -0.15) is 10.2 Å². The van der Waals surface area contributed by atoms with E-state index in [0.717, 1.165) is 28.2 Å². The quantitative estimate of drug-likeness (QED) is 0.441. The van der Waals surface area contributed by atoms with Crippen molar-refractivity contribution in [2.24, 2.45) is 0 Å². The van der Waals surface area contributed by atoms with E-state index in [0.29, 0.717) is 29.5 Å². The van der Waals surface area contributed by atoms with Crippen LogP contribution in [0.25, 0.3) is 0 Å². The molecule has 164 valence electrons. The molecule has 1 amide bonds. The van der Waals surface area contributed by atoms with Crippen molar-refractivity contribution in [3.63, 3.8) is 0 Å². The van der Waals surface area contributed by atoms with Crippen molar-refractivity contribution in [1.29, 1.82) is 0 Å². The maximum atomic E-state index is 13.3. The first kappa shape index (κ1) is 21.8. The van der Waals surface area contributed by atoms with Gasteiger partial charge in [0.05, 0.1) is 18.8 Å². The summed E-state index contributed by atoms with van der Waals surface area (Å²) in [5.74, 6) is -0.191. The zero-order valence-electron chi connectivity index (χ0n) is 18.1. The smallest absolute Gasteiger partial charge is 0.256 e.